The van der Waals surface area contributed by atoms with E-state index in [1.54, 1.807) is 6.08 Å². The van der Waals surface area contributed by atoms with Crippen LogP contribution >= 0.6 is 0 Å². The minimum absolute atomic E-state index is 0.904. The van der Waals surface area contributed by atoms with Gasteiger partial charge in [-0.25, -0.2) is 0 Å². The molecular formula is C10H15N. The summed E-state index contributed by atoms with van der Waals surface area (Å²) in [5.41, 5.74) is 2.06. The van der Waals surface area contributed by atoms with Crippen molar-refractivity contribution in [2.24, 2.45) is 4.99 Å². The molecule has 0 bridgehead atoms. The van der Waals surface area contributed by atoms with Crippen molar-refractivity contribution in [2.75, 3.05) is 0 Å². The topological polar surface area (TPSA) is 12.4 Å². The van der Waals surface area contributed by atoms with E-state index in [1.807, 2.05) is 13.0 Å². The molecule has 0 aromatic rings. The first-order chi connectivity index (χ1) is 5.26. The van der Waals surface area contributed by atoms with E-state index >= 15 is 0 Å². The van der Waals surface area contributed by atoms with Gasteiger partial charge in [0, 0.05) is 0 Å². The molecule has 0 saturated heterocycles. The highest BCUT2D eigenvalue weighted by atomic mass is 14.7. The highest BCUT2D eigenvalue weighted by molar-refractivity contribution is 5.39. The second kappa shape index (κ2) is 5.66. The van der Waals surface area contributed by atoms with Crippen LogP contribution < -0.4 is 0 Å². The van der Waals surface area contributed by atoms with Crippen LogP contribution in [0.2, 0.25) is 0 Å². The molecule has 0 aromatic heterocycles. The second-order valence-corrected chi connectivity index (χ2v) is 2.24. The summed E-state index contributed by atoms with van der Waals surface area (Å²) >= 11 is 0. The van der Waals surface area contributed by atoms with Gasteiger partial charge in [-0.05, 0) is 31.7 Å². The molecule has 0 aliphatic heterocycles. The molecule has 0 radical (unpaired) electrons. The van der Waals surface area contributed by atoms with E-state index in [2.05, 4.69) is 31.3 Å². The Labute approximate surface area is 68.9 Å². The van der Waals surface area contributed by atoms with E-state index in [1.165, 1.54) is 0 Å². The Kier molecular flexibility index (Phi) is 5.09. The molecule has 0 amide bonds. The molecule has 0 aliphatic carbocycles. The van der Waals surface area contributed by atoms with Crippen LogP contribution in [0.25, 0.3) is 0 Å². The lowest BCUT2D eigenvalue weighted by molar-refractivity contribution is 1.17. The number of aliphatic imine (C=N–C) groups is 1. The first-order valence-corrected chi connectivity index (χ1v) is 3.72. The van der Waals surface area contributed by atoms with Gasteiger partial charge in [0.25, 0.3) is 0 Å². The first kappa shape index (κ1) is 9.89. The Bertz CT molecular complexity index is 197. The van der Waals surface area contributed by atoms with Crippen LogP contribution in [0.4, 0.5) is 0 Å². The summed E-state index contributed by atoms with van der Waals surface area (Å²) in [6, 6.07) is 0. The minimum Gasteiger partial charge on any atom is -0.264 e. The number of hydrogen-bond acceptors (Lipinski definition) is 1. The van der Waals surface area contributed by atoms with Gasteiger partial charge in [-0.2, -0.15) is 0 Å². The molecule has 1 heteroatoms. The third-order valence-corrected chi connectivity index (χ3v) is 1.36. The average molecular weight is 149 g/mol. The van der Waals surface area contributed by atoms with E-state index < -0.39 is 0 Å². The summed E-state index contributed by atoms with van der Waals surface area (Å²) in [6.45, 7) is 11.2. The SMILES string of the molecule is C=C/C=C(N=C)/C(C)=C/CC. The molecule has 0 heterocycles. The molecule has 1 nitrogen and oxygen atoms in total. The van der Waals surface area contributed by atoms with E-state index in [-0.39, 0.29) is 0 Å². The lowest BCUT2D eigenvalue weighted by Gasteiger charge is -1.98. The molecule has 0 fully saturated rings. The lowest BCUT2D eigenvalue weighted by Crippen LogP contribution is -1.79. The molecule has 0 N–H and O–H groups in total. The predicted molar refractivity (Wildman–Crippen MR) is 51.9 cm³/mol. The summed E-state index contributed by atoms with van der Waals surface area (Å²) in [5.74, 6) is 0. The standard InChI is InChI=1S/C10H15N/c1-5-7-9(3)10(11-4)8-6-2/h6-8H,2,4-5H2,1,3H3/b9-7+,10-8-. The van der Waals surface area contributed by atoms with Gasteiger partial charge in [0.05, 0.1) is 5.70 Å². The Balaban J connectivity index is 4.50. The molecule has 0 unspecified atom stereocenters. The normalized spacial score (nSPS) is 12.9. The molecule has 11 heavy (non-hydrogen) atoms. The van der Waals surface area contributed by atoms with E-state index in [0.29, 0.717) is 0 Å². The van der Waals surface area contributed by atoms with E-state index in [0.717, 1.165) is 17.7 Å². The summed E-state index contributed by atoms with van der Waals surface area (Å²) in [5, 5.41) is 0. The van der Waals surface area contributed by atoms with Crippen LogP contribution in [-0.2, 0) is 0 Å². The van der Waals surface area contributed by atoms with Crippen molar-refractivity contribution in [1.82, 2.24) is 0 Å². The molecule has 0 atom stereocenters. The van der Waals surface area contributed by atoms with Gasteiger partial charge in [0.15, 0.2) is 0 Å². The largest absolute Gasteiger partial charge is 0.264 e. The van der Waals surface area contributed by atoms with Crippen molar-refractivity contribution in [2.45, 2.75) is 20.3 Å². The predicted octanol–water partition coefficient (Wildman–Crippen LogP) is 3.11. The van der Waals surface area contributed by atoms with Crippen molar-refractivity contribution in [3.63, 3.8) is 0 Å². The highest BCUT2D eigenvalue weighted by Gasteiger charge is 1.92. The molecule has 0 spiro atoms. The van der Waals surface area contributed by atoms with Crippen LogP contribution in [0.1, 0.15) is 20.3 Å². The van der Waals surface area contributed by atoms with Crippen LogP contribution in [0.15, 0.2) is 41.1 Å². The smallest absolute Gasteiger partial charge is 0.0648 e. The fourth-order valence-corrected chi connectivity index (χ4v) is 0.831. The fraction of sp³-hybridized carbons (Fsp3) is 0.300. The first-order valence-electron chi connectivity index (χ1n) is 3.72. The van der Waals surface area contributed by atoms with Gasteiger partial charge in [0.1, 0.15) is 0 Å². The van der Waals surface area contributed by atoms with Crippen molar-refractivity contribution < 1.29 is 0 Å². The summed E-state index contributed by atoms with van der Waals surface area (Å²) in [6.07, 6.45) is 6.71. The maximum Gasteiger partial charge on any atom is 0.0648 e. The maximum absolute atomic E-state index is 3.87. The number of nitrogens with zero attached hydrogens (tertiary/aromatic N) is 1. The maximum atomic E-state index is 3.87. The molecule has 0 saturated carbocycles. The van der Waals surface area contributed by atoms with Gasteiger partial charge in [-0.1, -0.05) is 25.7 Å². The Morgan fingerprint density at radius 3 is 2.55 bits per heavy atom. The monoisotopic (exact) mass is 149 g/mol. The number of rotatable bonds is 4. The zero-order chi connectivity index (χ0) is 8.69. The number of allylic oxidation sites excluding steroid dienone is 4. The van der Waals surface area contributed by atoms with Crippen molar-refractivity contribution in [3.8, 4) is 0 Å². The van der Waals surface area contributed by atoms with Crippen LogP contribution in [0.5, 0.6) is 0 Å². The van der Waals surface area contributed by atoms with Crippen molar-refractivity contribution in [1.29, 1.82) is 0 Å². The second-order valence-electron chi connectivity index (χ2n) is 2.24. The third-order valence-electron chi connectivity index (χ3n) is 1.36. The fourth-order valence-electron chi connectivity index (χ4n) is 0.831. The summed E-state index contributed by atoms with van der Waals surface area (Å²) < 4.78 is 0. The quantitative estimate of drug-likeness (QED) is 0.430. The molecule has 0 aliphatic rings. The highest BCUT2D eigenvalue weighted by Crippen LogP contribution is 2.10. The van der Waals surface area contributed by atoms with E-state index in [4.69, 9.17) is 0 Å². The van der Waals surface area contributed by atoms with Gasteiger partial charge in [0.2, 0.25) is 0 Å². The van der Waals surface area contributed by atoms with Crippen molar-refractivity contribution >= 4 is 6.72 Å². The molecule has 0 rings (SSSR count). The molecule has 60 valence electrons. The summed E-state index contributed by atoms with van der Waals surface area (Å²) in [7, 11) is 0. The number of hydrogen-bond donors (Lipinski definition) is 0. The summed E-state index contributed by atoms with van der Waals surface area (Å²) in [4.78, 5) is 3.87. The average Bonchev–Trinajstić information content (AvgIpc) is 2.00. The zero-order valence-corrected chi connectivity index (χ0v) is 7.30. The Hall–Kier alpha value is -1.11. The molecular weight excluding hydrogens is 134 g/mol. The Morgan fingerprint density at radius 1 is 1.55 bits per heavy atom. The van der Waals surface area contributed by atoms with Gasteiger partial charge >= 0.3 is 0 Å². The third kappa shape index (κ3) is 3.56. The van der Waals surface area contributed by atoms with Gasteiger partial charge < -0.3 is 0 Å². The lowest BCUT2D eigenvalue weighted by atomic mass is 10.2. The van der Waals surface area contributed by atoms with E-state index in [9.17, 15) is 0 Å². The molecule has 0 aromatic carbocycles. The Morgan fingerprint density at radius 2 is 2.18 bits per heavy atom. The zero-order valence-electron chi connectivity index (χ0n) is 7.30. The van der Waals surface area contributed by atoms with Crippen LogP contribution in [0.3, 0.4) is 0 Å². The van der Waals surface area contributed by atoms with Crippen LogP contribution in [-0.4, -0.2) is 6.72 Å². The minimum atomic E-state index is 0.904. The van der Waals surface area contributed by atoms with Crippen molar-refractivity contribution in [3.05, 3.63) is 36.1 Å². The van der Waals surface area contributed by atoms with Gasteiger partial charge in [-0.15, -0.1) is 0 Å². The van der Waals surface area contributed by atoms with Crippen LogP contribution in [0, 0.1) is 0 Å². The van der Waals surface area contributed by atoms with Gasteiger partial charge in [-0.3, -0.25) is 4.99 Å².